The van der Waals surface area contributed by atoms with Gasteiger partial charge in [0, 0.05) is 62.8 Å². The summed E-state index contributed by atoms with van der Waals surface area (Å²) in [4.78, 5) is 41.6. The third-order valence-electron chi connectivity index (χ3n) is 5.31. The largest absolute Gasteiger partial charge is 0.339 e. The minimum absolute atomic E-state index is 0.0713. The van der Waals surface area contributed by atoms with Crippen LogP contribution in [0.5, 0.6) is 0 Å². The molecule has 1 aliphatic heterocycles. The molecule has 0 spiro atoms. The Balaban J connectivity index is 1.48. The summed E-state index contributed by atoms with van der Waals surface area (Å²) in [5, 5.41) is 6.50. The van der Waals surface area contributed by atoms with E-state index in [2.05, 4.69) is 30.5 Å². The molecule has 11 heteroatoms. The van der Waals surface area contributed by atoms with Gasteiger partial charge in [-0.05, 0) is 25.1 Å². The Morgan fingerprint density at radius 3 is 2.35 bits per heavy atom. The zero-order valence-electron chi connectivity index (χ0n) is 18.7. The van der Waals surface area contributed by atoms with Crippen LogP contribution in [0, 0.1) is 6.92 Å². The minimum Gasteiger partial charge on any atom is -0.339 e. The second-order valence-corrected chi connectivity index (χ2v) is 8.61. The summed E-state index contributed by atoms with van der Waals surface area (Å²) in [5.74, 6) is 1.30. The number of rotatable bonds is 5. The Hall–Kier alpha value is -3.43. The van der Waals surface area contributed by atoms with E-state index in [0.29, 0.717) is 49.5 Å². The summed E-state index contributed by atoms with van der Waals surface area (Å²) in [6, 6.07) is 10.1. The molecule has 1 aliphatic rings. The summed E-state index contributed by atoms with van der Waals surface area (Å²) in [7, 11) is 0. The normalized spacial score (nSPS) is 13.5. The van der Waals surface area contributed by atoms with Crippen molar-refractivity contribution < 1.29 is 9.59 Å². The monoisotopic (exact) mass is 499 g/mol. The summed E-state index contributed by atoms with van der Waals surface area (Å²) >= 11 is 12.3. The molecule has 0 radical (unpaired) electrons. The van der Waals surface area contributed by atoms with Crippen LogP contribution in [0.2, 0.25) is 10.0 Å². The highest BCUT2D eigenvalue weighted by Gasteiger charge is 2.21. The van der Waals surface area contributed by atoms with Crippen molar-refractivity contribution in [3.05, 3.63) is 63.9 Å². The van der Waals surface area contributed by atoms with Crippen molar-refractivity contribution >= 4 is 58.3 Å². The molecule has 2 aromatic heterocycles. The van der Waals surface area contributed by atoms with Crippen LogP contribution in [0.15, 0.2) is 42.6 Å². The van der Waals surface area contributed by atoms with Crippen LogP contribution in [0.1, 0.15) is 23.0 Å². The van der Waals surface area contributed by atoms with E-state index in [4.69, 9.17) is 23.2 Å². The Labute approximate surface area is 207 Å². The van der Waals surface area contributed by atoms with Crippen LogP contribution >= 0.6 is 23.2 Å². The van der Waals surface area contributed by atoms with E-state index in [1.807, 2.05) is 17.9 Å². The van der Waals surface area contributed by atoms with Gasteiger partial charge in [0.05, 0.1) is 15.6 Å². The first-order chi connectivity index (χ1) is 16.3. The molecule has 0 bridgehead atoms. The zero-order chi connectivity index (χ0) is 24.2. The highest BCUT2D eigenvalue weighted by molar-refractivity contribution is 6.40. The quantitative estimate of drug-likeness (QED) is 0.543. The number of amides is 2. The molecule has 0 saturated carbocycles. The molecule has 4 rings (SSSR count). The maximum atomic E-state index is 12.7. The molecule has 34 heavy (non-hydrogen) atoms. The van der Waals surface area contributed by atoms with E-state index in [-0.39, 0.29) is 21.5 Å². The van der Waals surface area contributed by atoms with Gasteiger partial charge in [0.25, 0.3) is 5.91 Å². The maximum absolute atomic E-state index is 12.7. The van der Waals surface area contributed by atoms with Crippen LogP contribution in [0.3, 0.4) is 0 Å². The molecule has 176 valence electrons. The molecule has 3 heterocycles. The molecule has 0 atom stereocenters. The summed E-state index contributed by atoms with van der Waals surface area (Å²) in [6.45, 7) is 6.05. The van der Waals surface area contributed by atoms with Crippen LogP contribution in [-0.4, -0.2) is 57.8 Å². The summed E-state index contributed by atoms with van der Waals surface area (Å²) < 4.78 is 0. The number of halogens is 2. The standard InChI is InChI=1S/C23H23Cl2N7O2/c1-14-12-20(30-23(27-14)32-10-8-31(9-11-32)15(2)33)29-19-13-16(6-7-26-19)28-22(34)21-17(24)4-3-5-18(21)25/h3-7,12-13H,8-11H2,1-2H3,(H2,26,27,28,29,30,34). The molecule has 9 nitrogen and oxygen atoms in total. The van der Waals surface area contributed by atoms with Gasteiger partial charge in [0.2, 0.25) is 11.9 Å². The SMILES string of the molecule is CC(=O)N1CCN(c2nc(C)cc(Nc3cc(NC(=O)c4c(Cl)cccc4Cl)ccn3)n2)CC1. The lowest BCUT2D eigenvalue weighted by molar-refractivity contribution is -0.129. The molecular weight excluding hydrogens is 477 g/mol. The number of carbonyl (C=O) groups excluding carboxylic acids is 2. The van der Waals surface area contributed by atoms with Gasteiger partial charge in [-0.15, -0.1) is 0 Å². The van der Waals surface area contributed by atoms with Gasteiger partial charge in [0.1, 0.15) is 11.6 Å². The van der Waals surface area contributed by atoms with Gasteiger partial charge in [0.15, 0.2) is 0 Å². The summed E-state index contributed by atoms with van der Waals surface area (Å²) in [6.07, 6.45) is 1.57. The second-order valence-electron chi connectivity index (χ2n) is 7.79. The number of hydrogen-bond acceptors (Lipinski definition) is 7. The van der Waals surface area contributed by atoms with Crippen molar-refractivity contribution in [3.63, 3.8) is 0 Å². The second kappa shape index (κ2) is 10.2. The van der Waals surface area contributed by atoms with Crippen LogP contribution in [0.4, 0.5) is 23.3 Å². The fourth-order valence-electron chi connectivity index (χ4n) is 3.60. The molecule has 1 aromatic carbocycles. The van der Waals surface area contributed by atoms with Crippen molar-refractivity contribution in [2.24, 2.45) is 0 Å². The van der Waals surface area contributed by atoms with Gasteiger partial charge < -0.3 is 20.4 Å². The van der Waals surface area contributed by atoms with Crippen LogP contribution in [0.25, 0.3) is 0 Å². The fraction of sp³-hybridized carbons (Fsp3) is 0.261. The number of carbonyl (C=O) groups is 2. The van der Waals surface area contributed by atoms with E-state index < -0.39 is 5.91 Å². The predicted molar refractivity (Wildman–Crippen MR) is 133 cm³/mol. The highest BCUT2D eigenvalue weighted by Crippen LogP contribution is 2.26. The maximum Gasteiger partial charge on any atom is 0.258 e. The molecule has 2 N–H and O–H groups in total. The van der Waals surface area contributed by atoms with Crippen LogP contribution < -0.4 is 15.5 Å². The number of pyridine rings is 1. The van der Waals surface area contributed by atoms with Gasteiger partial charge in [-0.3, -0.25) is 9.59 Å². The molecule has 3 aromatic rings. The van der Waals surface area contributed by atoms with E-state index >= 15 is 0 Å². The topological polar surface area (TPSA) is 103 Å². The smallest absolute Gasteiger partial charge is 0.258 e. The van der Waals surface area contributed by atoms with Crippen molar-refractivity contribution in [2.75, 3.05) is 41.7 Å². The number of piperazine rings is 1. The van der Waals surface area contributed by atoms with Gasteiger partial charge in [-0.2, -0.15) is 4.98 Å². The van der Waals surface area contributed by atoms with E-state index in [1.165, 1.54) is 0 Å². The third-order valence-corrected chi connectivity index (χ3v) is 5.94. The molecule has 2 amide bonds. The number of nitrogens with zero attached hydrogens (tertiary/aromatic N) is 5. The lowest BCUT2D eigenvalue weighted by Gasteiger charge is -2.34. The predicted octanol–water partition coefficient (Wildman–Crippen LogP) is 4.15. The number of nitrogens with one attached hydrogen (secondary N) is 2. The molecule has 1 saturated heterocycles. The fourth-order valence-corrected chi connectivity index (χ4v) is 4.16. The number of anilines is 4. The Bertz CT molecular complexity index is 1210. The van der Waals surface area contributed by atoms with Gasteiger partial charge >= 0.3 is 0 Å². The third kappa shape index (κ3) is 5.55. The first-order valence-electron chi connectivity index (χ1n) is 10.6. The molecule has 0 unspecified atom stereocenters. The van der Waals surface area contributed by atoms with Crippen molar-refractivity contribution in [2.45, 2.75) is 13.8 Å². The highest BCUT2D eigenvalue weighted by atomic mass is 35.5. The van der Waals surface area contributed by atoms with Crippen LogP contribution in [-0.2, 0) is 4.79 Å². The number of benzene rings is 1. The molecule has 0 aliphatic carbocycles. The first-order valence-corrected chi connectivity index (χ1v) is 11.4. The van der Waals surface area contributed by atoms with E-state index in [9.17, 15) is 9.59 Å². The van der Waals surface area contributed by atoms with Gasteiger partial charge in [-0.25, -0.2) is 9.97 Å². The molecule has 1 fully saturated rings. The molecular formula is C23H23Cl2N7O2. The average molecular weight is 500 g/mol. The first kappa shape index (κ1) is 23.7. The van der Waals surface area contributed by atoms with E-state index in [0.717, 1.165) is 5.69 Å². The van der Waals surface area contributed by atoms with Crippen molar-refractivity contribution in [3.8, 4) is 0 Å². The van der Waals surface area contributed by atoms with Gasteiger partial charge in [-0.1, -0.05) is 29.3 Å². The average Bonchev–Trinajstić information content (AvgIpc) is 2.79. The van der Waals surface area contributed by atoms with Crippen molar-refractivity contribution in [1.29, 1.82) is 0 Å². The lowest BCUT2D eigenvalue weighted by atomic mass is 10.2. The number of aromatic nitrogens is 3. The van der Waals surface area contributed by atoms with Crippen molar-refractivity contribution in [1.82, 2.24) is 19.9 Å². The Morgan fingerprint density at radius 2 is 1.68 bits per heavy atom. The lowest BCUT2D eigenvalue weighted by Crippen LogP contribution is -2.48. The zero-order valence-corrected chi connectivity index (χ0v) is 20.2. The Morgan fingerprint density at radius 1 is 0.971 bits per heavy atom. The summed E-state index contributed by atoms with van der Waals surface area (Å²) in [5.41, 5.74) is 1.52. The number of aryl methyl sites for hydroxylation is 1. The Kier molecular flexibility index (Phi) is 7.14. The van der Waals surface area contributed by atoms with E-state index in [1.54, 1.807) is 43.5 Å². The number of hydrogen-bond donors (Lipinski definition) is 2. The minimum atomic E-state index is -0.419.